The van der Waals surface area contributed by atoms with Gasteiger partial charge in [0.2, 0.25) is 0 Å². The highest BCUT2D eigenvalue weighted by atomic mass is 79.9. The van der Waals surface area contributed by atoms with Gasteiger partial charge in [-0.1, -0.05) is 19.3 Å². The molecule has 0 spiro atoms. The van der Waals surface area contributed by atoms with Gasteiger partial charge in [0.1, 0.15) is 11.0 Å². The summed E-state index contributed by atoms with van der Waals surface area (Å²) in [6.07, 6.45) is 12.1. The molecule has 0 aliphatic heterocycles. The minimum Gasteiger partial charge on any atom is -0.369 e. The Kier molecular flexibility index (Phi) is 6.77. The number of hydrogen-bond donors (Lipinski definition) is 0. The lowest BCUT2D eigenvalue weighted by Crippen LogP contribution is -2.36. The first-order valence-corrected chi connectivity index (χ1v) is 10.2. The lowest BCUT2D eigenvalue weighted by atomic mass is 9.94. The molecule has 144 valence electrons. The largest absolute Gasteiger partial charge is 0.369 e. The number of aromatic nitrogens is 3. The maximum Gasteiger partial charge on any atom is 0.283 e. The molecule has 0 amide bonds. The molecule has 0 bridgehead atoms. The van der Waals surface area contributed by atoms with Crippen molar-refractivity contribution in [2.45, 2.75) is 57.5 Å². The van der Waals surface area contributed by atoms with Crippen LogP contribution in [0.15, 0.2) is 40.0 Å². The van der Waals surface area contributed by atoms with Crippen molar-refractivity contribution in [2.75, 3.05) is 11.9 Å². The molecule has 1 fully saturated rings. The third-order valence-corrected chi connectivity index (χ3v) is 5.98. The molecule has 3 rings (SSSR count). The number of halogens is 1. The maximum atomic E-state index is 12.7. The molecule has 0 saturated heterocycles. The Morgan fingerprint density at radius 3 is 2.67 bits per heavy atom. The molecule has 0 atom stereocenters. The van der Waals surface area contributed by atoms with E-state index in [4.69, 9.17) is 0 Å². The van der Waals surface area contributed by atoms with Gasteiger partial charge in [0.25, 0.3) is 5.56 Å². The van der Waals surface area contributed by atoms with Gasteiger partial charge in [0.05, 0.1) is 11.9 Å². The van der Waals surface area contributed by atoms with Gasteiger partial charge in [-0.25, -0.2) is 4.68 Å². The highest BCUT2D eigenvalue weighted by Gasteiger charge is 2.22. The van der Waals surface area contributed by atoms with Gasteiger partial charge < -0.3 is 4.90 Å². The van der Waals surface area contributed by atoms with E-state index in [1.165, 1.54) is 23.9 Å². The SMILES string of the molecule is CN(c1cnn(CC(=O)CCc2ccncc2)c(=O)c1Br)C1CCCCC1. The number of rotatable bonds is 7. The van der Waals surface area contributed by atoms with E-state index in [1.54, 1.807) is 18.6 Å². The number of aryl methyl sites for hydroxylation is 1. The van der Waals surface area contributed by atoms with E-state index in [-0.39, 0.29) is 17.9 Å². The number of carbonyl (C=O) groups excluding carboxylic acids is 1. The molecular formula is C20H25BrN4O2. The van der Waals surface area contributed by atoms with Crippen LogP contribution in [0.25, 0.3) is 0 Å². The molecule has 2 aromatic rings. The van der Waals surface area contributed by atoms with Crippen molar-refractivity contribution in [2.24, 2.45) is 0 Å². The first-order valence-electron chi connectivity index (χ1n) is 9.45. The summed E-state index contributed by atoms with van der Waals surface area (Å²) in [5.74, 6) is -0.0123. The van der Waals surface area contributed by atoms with Crippen molar-refractivity contribution < 1.29 is 4.79 Å². The Balaban J connectivity index is 1.65. The minimum absolute atomic E-state index is 0.00403. The first-order chi connectivity index (χ1) is 13.1. The topological polar surface area (TPSA) is 68.1 Å². The second-order valence-electron chi connectivity index (χ2n) is 7.10. The predicted molar refractivity (Wildman–Crippen MR) is 109 cm³/mol. The minimum atomic E-state index is -0.257. The van der Waals surface area contributed by atoms with Gasteiger partial charge in [0, 0.05) is 31.9 Å². The molecule has 0 aromatic carbocycles. The van der Waals surface area contributed by atoms with E-state index in [0.717, 1.165) is 24.1 Å². The van der Waals surface area contributed by atoms with Crippen LogP contribution in [-0.2, 0) is 17.8 Å². The fourth-order valence-electron chi connectivity index (χ4n) is 3.56. The molecule has 6 nitrogen and oxygen atoms in total. The average Bonchev–Trinajstić information content (AvgIpc) is 2.71. The summed E-state index contributed by atoms with van der Waals surface area (Å²) in [4.78, 5) is 31.0. The van der Waals surface area contributed by atoms with E-state index in [9.17, 15) is 9.59 Å². The normalized spacial score (nSPS) is 14.9. The Bertz CT molecular complexity index is 832. The fourth-order valence-corrected chi connectivity index (χ4v) is 4.15. The molecular weight excluding hydrogens is 408 g/mol. The molecule has 1 saturated carbocycles. The Morgan fingerprint density at radius 2 is 1.96 bits per heavy atom. The van der Waals surface area contributed by atoms with Crippen molar-refractivity contribution in [1.29, 1.82) is 0 Å². The standard InChI is InChI=1S/C20H25BrN4O2/c1-24(16-5-3-2-4-6-16)18-13-23-25(20(27)19(18)21)14-17(26)8-7-15-9-11-22-12-10-15/h9-13,16H,2-8,14H2,1H3. The highest BCUT2D eigenvalue weighted by Crippen LogP contribution is 2.28. The van der Waals surface area contributed by atoms with Crippen LogP contribution in [0.5, 0.6) is 0 Å². The van der Waals surface area contributed by atoms with E-state index < -0.39 is 0 Å². The summed E-state index contributed by atoms with van der Waals surface area (Å²) < 4.78 is 1.73. The van der Waals surface area contributed by atoms with E-state index >= 15 is 0 Å². The monoisotopic (exact) mass is 432 g/mol. The Morgan fingerprint density at radius 1 is 1.26 bits per heavy atom. The summed E-state index contributed by atoms with van der Waals surface area (Å²) in [7, 11) is 2.02. The van der Waals surface area contributed by atoms with Crippen LogP contribution in [0, 0.1) is 0 Å². The van der Waals surface area contributed by atoms with Crippen LogP contribution >= 0.6 is 15.9 Å². The lowest BCUT2D eigenvalue weighted by Gasteiger charge is -2.33. The van der Waals surface area contributed by atoms with Crippen LogP contribution in [0.1, 0.15) is 44.1 Å². The van der Waals surface area contributed by atoms with Crippen molar-refractivity contribution in [3.8, 4) is 0 Å². The molecule has 1 aliphatic carbocycles. The Labute approximate surface area is 167 Å². The smallest absolute Gasteiger partial charge is 0.283 e. The number of pyridine rings is 1. The second-order valence-corrected chi connectivity index (χ2v) is 7.90. The van der Waals surface area contributed by atoms with Gasteiger partial charge in [-0.15, -0.1) is 0 Å². The molecule has 0 unspecified atom stereocenters. The third kappa shape index (κ3) is 5.03. The number of anilines is 1. The van der Waals surface area contributed by atoms with Crippen LogP contribution < -0.4 is 10.5 Å². The van der Waals surface area contributed by atoms with Crippen LogP contribution in [0.4, 0.5) is 5.69 Å². The van der Waals surface area contributed by atoms with Crippen molar-refractivity contribution in [3.05, 3.63) is 51.1 Å². The van der Waals surface area contributed by atoms with Crippen molar-refractivity contribution >= 4 is 27.4 Å². The summed E-state index contributed by atoms with van der Waals surface area (Å²) >= 11 is 3.43. The van der Waals surface area contributed by atoms with E-state index in [2.05, 4.69) is 30.9 Å². The van der Waals surface area contributed by atoms with Crippen molar-refractivity contribution in [3.63, 3.8) is 0 Å². The van der Waals surface area contributed by atoms with Crippen LogP contribution in [0.3, 0.4) is 0 Å². The number of ketones is 1. The van der Waals surface area contributed by atoms with Gasteiger partial charge in [0.15, 0.2) is 5.78 Å². The molecule has 27 heavy (non-hydrogen) atoms. The van der Waals surface area contributed by atoms with Crippen molar-refractivity contribution in [1.82, 2.24) is 14.8 Å². The van der Waals surface area contributed by atoms with E-state index in [1.807, 2.05) is 19.2 Å². The highest BCUT2D eigenvalue weighted by molar-refractivity contribution is 9.10. The lowest BCUT2D eigenvalue weighted by molar-refractivity contribution is -0.119. The number of carbonyl (C=O) groups is 1. The molecule has 0 N–H and O–H groups in total. The van der Waals surface area contributed by atoms with Crippen LogP contribution in [0.2, 0.25) is 0 Å². The maximum absolute atomic E-state index is 12.7. The fraction of sp³-hybridized carbons (Fsp3) is 0.500. The zero-order valence-corrected chi connectivity index (χ0v) is 17.2. The third-order valence-electron chi connectivity index (χ3n) is 5.24. The van der Waals surface area contributed by atoms with Gasteiger partial charge in [-0.2, -0.15) is 5.10 Å². The van der Waals surface area contributed by atoms with E-state index in [0.29, 0.717) is 23.4 Å². The quantitative estimate of drug-likeness (QED) is 0.670. The molecule has 1 aliphatic rings. The molecule has 7 heteroatoms. The van der Waals surface area contributed by atoms with Gasteiger partial charge >= 0.3 is 0 Å². The first kappa shape index (κ1) is 19.7. The second kappa shape index (κ2) is 9.26. The summed E-state index contributed by atoms with van der Waals surface area (Å²) in [5, 5.41) is 4.25. The summed E-state index contributed by atoms with van der Waals surface area (Å²) in [6, 6.07) is 4.23. The predicted octanol–water partition coefficient (Wildman–Crippen LogP) is 3.37. The molecule has 0 radical (unpaired) electrons. The zero-order valence-electron chi connectivity index (χ0n) is 15.6. The van der Waals surface area contributed by atoms with Gasteiger partial charge in [-0.05, 0) is 52.9 Å². The summed E-state index contributed by atoms with van der Waals surface area (Å²) in [6.45, 7) is -0.00403. The molecule has 2 aromatic heterocycles. The van der Waals surface area contributed by atoms with Crippen LogP contribution in [-0.4, -0.2) is 33.6 Å². The van der Waals surface area contributed by atoms with Gasteiger partial charge in [-0.3, -0.25) is 14.6 Å². The molecule has 2 heterocycles. The average molecular weight is 433 g/mol. The Hall–Kier alpha value is -2.02. The summed E-state index contributed by atoms with van der Waals surface area (Å²) in [5.41, 5.74) is 1.60. The number of hydrogen-bond acceptors (Lipinski definition) is 5. The zero-order chi connectivity index (χ0) is 19.2. The number of Topliss-reactive ketones (excluding diaryl/α,β-unsaturated/α-hetero) is 1. The number of nitrogens with zero attached hydrogens (tertiary/aromatic N) is 4.